The van der Waals surface area contributed by atoms with Gasteiger partial charge in [0.15, 0.2) is 5.58 Å². The van der Waals surface area contributed by atoms with E-state index in [0.29, 0.717) is 6.01 Å². The lowest BCUT2D eigenvalue weighted by Gasteiger charge is -1.98. The summed E-state index contributed by atoms with van der Waals surface area (Å²) < 4.78 is 7.37. The first-order valence-corrected chi connectivity index (χ1v) is 5.88. The number of benzene rings is 1. The molecule has 0 aliphatic heterocycles. The summed E-state index contributed by atoms with van der Waals surface area (Å²) in [6.07, 6.45) is 4.77. The van der Waals surface area contributed by atoms with Crippen molar-refractivity contribution in [1.29, 1.82) is 0 Å². The lowest BCUT2D eigenvalue weighted by atomic mass is 10.2. The van der Waals surface area contributed by atoms with E-state index in [-0.39, 0.29) is 0 Å². The number of hydrogen-bond donors (Lipinski definition) is 1. The molecule has 0 atom stereocenters. The zero-order valence-corrected chi connectivity index (χ0v) is 10.1. The molecule has 5 nitrogen and oxygen atoms in total. The third kappa shape index (κ3) is 2.20. The maximum Gasteiger partial charge on any atom is 0.295 e. The van der Waals surface area contributed by atoms with Crippen molar-refractivity contribution in [2.24, 2.45) is 7.05 Å². The van der Waals surface area contributed by atoms with Gasteiger partial charge in [0, 0.05) is 19.8 Å². The molecule has 0 unspecified atom stereocenters. The average Bonchev–Trinajstić information content (AvgIpc) is 2.95. The van der Waals surface area contributed by atoms with Gasteiger partial charge < -0.3 is 9.73 Å². The van der Waals surface area contributed by atoms with Crippen LogP contribution in [0.2, 0.25) is 0 Å². The van der Waals surface area contributed by atoms with Gasteiger partial charge in [0.25, 0.3) is 6.01 Å². The van der Waals surface area contributed by atoms with Crippen molar-refractivity contribution in [2.45, 2.75) is 6.42 Å². The van der Waals surface area contributed by atoms with Gasteiger partial charge in [0.2, 0.25) is 0 Å². The number of fused-ring (bicyclic) bond motifs is 1. The molecule has 0 bridgehead atoms. The van der Waals surface area contributed by atoms with Gasteiger partial charge in [-0.05, 0) is 24.1 Å². The Bertz CT molecular complexity index is 623. The van der Waals surface area contributed by atoms with Crippen LogP contribution in [0.5, 0.6) is 0 Å². The molecule has 0 fully saturated rings. The highest BCUT2D eigenvalue weighted by Gasteiger charge is 2.04. The molecule has 1 N–H and O–H groups in total. The van der Waals surface area contributed by atoms with Gasteiger partial charge in [-0.2, -0.15) is 10.1 Å². The SMILES string of the molecule is Cn1cc(CCNc2nc3ccccc3o2)cn1. The first kappa shape index (κ1) is 10.8. The number of nitrogens with zero attached hydrogens (tertiary/aromatic N) is 3. The highest BCUT2D eigenvalue weighted by molar-refractivity contribution is 5.74. The Morgan fingerprint density at radius 3 is 3.00 bits per heavy atom. The number of hydrogen-bond acceptors (Lipinski definition) is 4. The van der Waals surface area contributed by atoms with Crippen LogP contribution in [0.3, 0.4) is 0 Å². The van der Waals surface area contributed by atoms with E-state index in [4.69, 9.17) is 4.42 Å². The summed E-state index contributed by atoms with van der Waals surface area (Å²) in [4.78, 5) is 4.35. The molecule has 92 valence electrons. The fraction of sp³-hybridized carbons (Fsp3) is 0.231. The number of nitrogens with one attached hydrogen (secondary N) is 1. The van der Waals surface area contributed by atoms with E-state index in [2.05, 4.69) is 15.4 Å². The molecule has 0 amide bonds. The van der Waals surface area contributed by atoms with Crippen LogP contribution in [0, 0.1) is 0 Å². The topological polar surface area (TPSA) is 55.9 Å². The van der Waals surface area contributed by atoms with Crippen LogP contribution in [0.1, 0.15) is 5.56 Å². The molecule has 0 radical (unpaired) electrons. The summed E-state index contributed by atoms with van der Waals surface area (Å²) in [6, 6.07) is 8.30. The summed E-state index contributed by atoms with van der Waals surface area (Å²) in [5.41, 5.74) is 2.88. The molecule has 18 heavy (non-hydrogen) atoms. The monoisotopic (exact) mass is 242 g/mol. The van der Waals surface area contributed by atoms with Crippen LogP contribution >= 0.6 is 0 Å². The Morgan fingerprint density at radius 2 is 2.22 bits per heavy atom. The van der Waals surface area contributed by atoms with E-state index in [0.717, 1.165) is 24.1 Å². The van der Waals surface area contributed by atoms with Crippen LogP contribution in [0.25, 0.3) is 11.1 Å². The first-order chi connectivity index (χ1) is 8.81. The zero-order valence-electron chi connectivity index (χ0n) is 10.1. The molecule has 0 spiro atoms. The van der Waals surface area contributed by atoms with Crippen molar-refractivity contribution < 1.29 is 4.42 Å². The molecule has 3 rings (SSSR count). The fourth-order valence-electron chi connectivity index (χ4n) is 1.86. The smallest absolute Gasteiger partial charge is 0.295 e. The van der Waals surface area contributed by atoms with E-state index < -0.39 is 0 Å². The number of anilines is 1. The van der Waals surface area contributed by atoms with Gasteiger partial charge in [-0.1, -0.05) is 12.1 Å². The van der Waals surface area contributed by atoms with Crippen molar-refractivity contribution in [3.63, 3.8) is 0 Å². The van der Waals surface area contributed by atoms with Crippen LogP contribution in [0.15, 0.2) is 41.1 Å². The van der Waals surface area contributed by atoms with E-state index >= 15 is 0 Å². The van der Waals surface area contributed by atoms with Crippen LogP contribution < -0.4 is 5.32 Å². The predicted octanol–water partition coefficient (Wildman–Crippen LogP) is 2.22. The minimum atomic E-state index is 0.570. The highest BCUT2D eigenvalue weighted by atomic mass is 16.4. The second-order valence-electron chi connectivity index (χ2n) is 4.19. The van der Waals surface area contributed by atoms with Crippen molar-refractivity contribution in [3.05, 3.63) is 42.2 Å². The molecular formula is C13H14N4O. The first-order valence-electron chi connectivity index (χ1n) is 5.88. The molecule has 0 saturated heterocycles. The van der Waals surface area contributed by atoms with E-state index in [1.807, 2.05) is 43.7 Å². The summed E-state index contributed by atoms with van der Waals surface area (Å²) in [5, 5.41) is 7.30. The van der Waals surface area contributed by atoms with Crippen LogP contribution in [0.4, 0.5) is 6.01 Å². The third-order valence-electron chi connectivity index (χ3n) is 2.74. The Labute approximate surface area is 104 Å². The molecule has 5 heteroatoms. The molecule has 2 heterocycles. The number of rotatable bonds is 4. The molecule has 0 aliphatic carbocycles. The van der Waals surface area contributed by atoms with Gasteiger partial charge in [0.05, 0.1) is 6.20 Å². The fourth-order valence-corrected chi connectivity index (χ4v) is 1.86. The van der Waals surface area contributed by atoms with E-state index in [9.17, 15) is 0 Å². The Kier molecular flexibility index (Phi) is 2.72. The molecule has 0 saturated carbocycles. The molecule has 3 aromatic rings. The number of aryl methyl sites for hydroxylation is 1. The average molecular weight is 242 g/mol. The predicted molar refractivity (Wildman–Crippen MR) is 69.4 cm³/mol. The van der Waals surface area contributed by atoms with Gasteiger partial charge >= 0.3 is 0 Å². The largest absolute Gasteiger partial charge is 0.424 e. The summed E-state index contributed by atoms with van der Waals surface area (Å²) >= 11 is 0. The van der Waals surface area contributed by atoms with Gasteiger partial charge in [0.1, 0.15) is 5.52 Å². The Hall–Kier alpha value is -2.30. The third-order valence-corrected chi connectivity index (χ3v) is 2.74. The minimum absolute atomic E-state index is 0.570. The quantitative estimate of drug-likeness (QED) is 0.762. The van der Waals surface area contributed by atoms with E-state index in [1.54, 1.807) is 4.68 Å². The zero-order chi connectivity index (χ0) is 12.4. The summed E-state index contributed by atoms with van der Waals surface area (Å²) in [5.74, 6) is 0. The van der Waals surface area contributed by atoms with Crippen molar-refractivity contribution in [3.8, 4) is 0 Å². The number of para-hydroxylation sites is 2. The second kappa shape index (κ2) is 4.52. The second-order valence-corrected chi connectivity index (χ2v) is 4.19. The maximum atomic E-state index is 5.57. The molecule has 0 aliphatic rings. The maximum absolute atomic E-state index is 5.57. The molecular weight excluding hydrogens is 228 g/mol. The van der Waals surface area contributed by atoms with Crippen molar-refractivity contribution in [1.82, 2.24) is 14.8 Å². The number of oxazole rings is 1. The van der Waals surface area contributed by atoms with Crippen LogP contribution in [-0.2, 0) is 13.5 Å². The normalized spacial score (nSPS) is 10.9. The van der Waals surface area contributed by atoms with Crippen molar-refractivity contribution >= 4 is 17.1 Å². The highest BCUT2D eigenvalue weighted by Crippen LogP contribution is 2.17. The van der Waals surface area contributed by atoms with Crippen molar-refractivity contribution in [2.75, 3.05) is 11.9 Å². The van der Waals surface area contributed by atoms with Gasteiger partial charge in [-0.15, -0.1) is 0 Å². The molecule has 1 aromatic carbocycles. The van der Waals surface area contributed by atoms with E-state index in [1.165, 1.54) is 5.56 Å². The van der Waals surface area contributed by atoms with Crippen LogP contribution in [-0.4, -0.2) is 21.3 Å². The lowest BCUT2D eigenvalue weighted by Crippen LogP contribution is -2.04. The number of aromatic nitrogens is 3. The standard InChI is InChI=1S/C13H14N4O/c1-17-9-10(8-15-17)6-7-14-13-16-11-4-2-3-5-12(11)18-13/h2-5,8-9H,6-7H2,1H3,(H,14,16). The Morgan fingerprint density at radius 1 is 1.33 bits per heavy atom. The lowest BCUT2D eigenvalue weighted by molar-refractivity contribution is 0.614. The summed E-state index contributed by atoms with van der Waals surface area (Å²) in [7, 11) is 1.91. The molecule has 2 aromatic heterocycles. The van der Waals surface area contributed by atoms with Gasteiger partial charge in [-0.3, -0.25) is 4.68 Å². The summed E-state index contributed by atoms with van der Waals surface area (Å²) in [6.45, 7) is 0.776. The Balaban J connectivity index is 1.62. The van der Waals surface area contributed by atoms with Gasteiger partial charge in [-0.25, -0.2) is 0 Å². The minimum Gasteiger partial charge on any atom is -0.424 e.